The monoisotopic (exact) mass is 1030 g/mol. The molecule has 0 fully saturated rings. The molecule has 0 amide bonds. The van der Waals surface area contributed by atoms with Gasteiger partial charge in [-0.05, 0) is 168 Å². The Morgan fingerprint density at radius 2 is 0.584 bits per heavy atom. The summed E-state index contributed by atoms with van der Waals surface area (Å²) in [6.45, 7) is 7.24. The number of fused-ring (bicyclic) bond motifs is 8. The van der Waals surface area contributed by atoms with Crippen molar-refractivity contribution in [3.8, 4) is 67.5 Å². The van der Waals surface area contributed by atoms with E-state index in [4.69, 9.17) is 28.9 Å². The number of likely N-dealkylation sites (N-methyl/N-ethyl adjacent to an activating group) is 3. The molecule has 11 nitrogen and oxygen atoms in total. The highest BCUT2D eigenvalue weighted by molar-refractivity contribution is 6.00. The zero-order valence-corrected chi connectivity index (χ0v) is 46.3. The van der Waals surface area contributed by atoms with Gasteiger partial charge in [0.05, 0.1) is 29.4 Å². The molecule has 0 aliphatic carbocycles. The van der Waals surface area contributed by atoms with Gasteiger partial charge in [0, 0.05) is 64.0 Å². The molecule has 4 aromatic carbocycles. The molecule has 0 saturated heterocycles. The predicted octanol–water partition coefficient (Wildman–Crippen LogP) is 14.7. The summed E-state index contributed by atoms with van der Waals surface area (Å²) in [6.07, 6.45) is 18.6. The maximum atomic E-state index is 6.33. The van der Waals surface area contributed by atoms with E-state index >= 15 is 0 Å². The van der Waals surface area contributed by atoms with Gasteiger partial charge < -0.3 is 43.6 Å². The number of rotatable bonds is 26. The first-order valence-electron chi connectivity index (χ1n) is 27.6. The van der Waals surface area contributed by atoms with Crippen LogP contribution in [0.5, 0.6) is 23.0 Å². The van der Waals surface area contributed by atoms with Gasteiger partial charge in [0.1, 0.15) is 42.8 Å². The minimum atomic E-state index is 0.595. The highest BCUT2D eigenvalue weighted by Gasteiger charge is 2.20. The van der Waals surface area contributed by atoms with Crippen LogP contribution < -0.4 is 18.9 Å². The molecule has 9 rings (SSSR count). The number of hydrogen-bond donors (Lipinski definition) is 2. The van der Waals surface area contributed by atoms with Crippen LogP contribution in [-0.4, -0.2) is 123 Å². The molecule has 8 bridgehead atoms. The second-order valence-electron chi connectivity index (χ2n) is 20.9. The second kappa shape index (κ2) is 26.6. The van der Waals surface area contributed by atoms with Crippen molar-refractivity contribution in [2.75, 3.05) is 88.3 Å². The summed E-state index contributed by atoms with van der Waals surface area (Å²) in [5, 5.41) is 0. The molecular weight excluding hydrogens is 955 g/mol. The van der Waals surface area contributed by atoms with E-state index in [-0.39, 0.29) is 0 Å². The molecule has 2 aliphatic rings. The normalized spacial score (nSPS) is 12.1. The molecule has 0 unspecified atom stereocenters. The number of aromatic nitrogens is 4. The minimum absolute atomic E-state index is 0.595. The van der Waals surface area contributed by atoms with E-state index in [2.05, 4.69) is 207 Å². The SMILES string of the molecule is CCCCCCCCCCOc1ccc(-c2c3nc(c(-c4ccc(OCCN(C)C)cc4)c4ccc([nH]4)c(-c4ccc(OCCN(C)C)cc4)c4nc(c(-c5ccc(OCCN(C)C)cc5)c5ccc2[nH]5)C=C4)C=C3)cc1. The van der Waals surface area contributed by atoms with E-state index in [0.717, 1.165) is 138 Å². The lowest BCUT2D eigenvalue weighted by molar-refractivity contribution is 0.261. The second-order valence-corrected chi connectivity index (χ2v) is 20.9. The van der Waals surface area contributed by atoms with E-state index in [1.807, 2.05) is 12.1 Å². The van der Waals surface area contributed by atoms with Crippen molar-refractivity contribution in [2.24, 2.45) is 0 Å². The Labute approximate surface area is 456 Å². The molecule has 3 aromatic heterocycles. The number of unbranched alkanes of at least 4 members (excludes halogenated alkanes) is 7. The van der Waals surface area contributed by atoms with Gasteiger partial charge in [-0.2, -0.15) is 0 Å². The number of ether oxygens (including phenoxy) is 4. The first-order valence-corrected chi connectivity index (χ1v) is 27.6. The Bertz CT molecular complexity index is 3210. The van der Waals surface area contributed by atoms with Crippen molar-refractivity contribution in [2.45, 2.75) is 58.3 Å². The topological polar surface area (TPSA) is 104 Å². The van der Waals surface area contributed by atoms with E-state index in [0.29, 0.717) is 26.4 Å². The number of nitrogens with zero attached hydrogens (tertiary/aromatic N) is 5. The van der Waals surface area contributed by atoms with Crippen molar-refractivity contribution in [1.29, 1.82) is 0 Å². The maximum absolute atomic E-state index is 6.33. The number of nitrogens with one attached hydrogen (secondary N) is 2. The molecule has 400 valence electrons. The highest BCUT2D eigenvalue weighted by atomic mass is 16.5. The first-order chi connectivity index (χ1) is 37.6. The summed E-state index contributed by atoms with van der Waals surface area (Å²) in [4.78, 5) is 25.3. The fourth-order valence-corrected chi connectivity index (χ4v) is 9.76. The number of benzene rings is 4. The molecular formula is C66H77N7O4. The molecule has 11 heteroatoms. The molecule has 0 atom stereocenters. The number of H-pyrrole nitrogens is 2. The van der Waals surface area contributed by atoms with Gasteiger partial charge >= 0.3 is 0 Å². The van der Waals surface area contributed by atoms with Crippen molar-refractivity contribution in [3.63, 3.8) is 0 Å². The third-order valence-electron chi connectivity index (χ3n) is 14.0. The quantitative estimate of drug-likeness (QED) is 0.0513. The van der Waals surface area contributed by atoms with E-state index in [1.54, 1.807) is 0 Å². The van der Waals surface area contributed by atoms with Crippen LogP contribution in [0.25, 0.3) is 90.9 Å². The Balaban J connectivity index is 1.21. The fraction of sp³-hybridized carbons (Fsp3) is 0.333. The van der Waals surface area contributed by atoms with Gasteiger partial charge in [0.2, 0.25) is 0 Å². The lowest BCUT2D eigenvalue weighted by Gasteiger charge is -2.12. The van der Waals surface area contributed by atoms with Crippen LogP contribution in [0, 0.1) is 0 Å². The molecule has 0 spiro atoms. The van der Waals surface area contributed by atoms with E-state index < -0.39 is 0 Å². The summed E-state index contributed by atoms with van der Waals surface area (Å²) >= 11 is 0. The van der Waals surface area contributed by atoms with E-state index in [9.17, 15) is 0 Å². The molecule has 7 aromatic rings. The van der Waals surface area contributed by atoms with Gasteiger partial charge in [0.15, 0.2) is 0 Å². The van der Waals surface area contributed by atoms with Crippen LogP contribution in [0.2, 0.25) is 0 Å². The standard InChI is InChI=1S/C66H77N7O4/c1-8-9-10-11-12-13-14-15-43-74-51-24-16-47(17-25-51)63-55-32-34-57(67-55)64(48-18-26-52(27-19-48)75-44-40-71(2)3)59-36-38-61(69-59)66(50-22-30-54(31-23-50)77-46-42-73(6)7)62-39-37-60(70-62)65(58-35-33-56(63)68-58)49-20-28-53(29-21-49)76-45-41-72(4)5/h16-39,67,70H,8-15,40-46H2,1-7H3. The number of hydrogen-bond acceptors (Lipinski definition) is 9. The lowest BCUT2D eigenvalue weighted by atomic mass is 10.0. The van der Waals surface area contributed by atoms with Gasteiger partial charge in [-0.25, -0.2) is 9.97 Å². The Morgan fingerprint density at radius 3 is 0.857 bits per heavy atom. The van der Waals surface area contributed by atoms with Crippen LogP contribution in [0.1, 0.15) is 81.1 Å². The molecule has 77 heavy (non-hydrogen) atoms. The zero-order valence-electron chi connectivity index (χ0n) is 46.3. The Kier molecular flexibility index (Phi) is 18.7. The Hall–Kier alpha value is -7.44. The van der Waals surface area contributed by atoms with Crippen LogP contribution in [0.15, 0.2) is 121 Å². The lowest BCUT2D eigenvalue weighted by Crippen LogP contribution is -2.19. The molecule has 0 saturated carbocycles. The molecule has 2 aliphatic heterocycles. The molecule has 5 heterocycles. The molecule has 0 radical (unpaired) electrons. The van der Waals surface area contributed by atoms with Crippen molar-refractivity contribution >= 4 is 46.4 Å². The van der Waals surface area contributed by atoms with Crippen LogP contribution in [0.3, 0.4) is 0 Å². The van der Waals surface area contributed by atoms with Crippen LogP contribution in [0.4, 0.5) is 0 Å². The van der Waals surface area contributed by atoms with Crippen molar-refractivity contribution < 1.29 is 18.9 Å². The third-order valence-corrected chi connectivity index (χ3v) is 14.0. The van der Waals surface area contributed by atoms with Gasteiger partial charge in [-0.3, -0.25) is 0 Å². The molecule has 2 N–H and O–H groups in total. The van der Waals surface area contributed by atoms with Crippen molar-refractivity contribution in [1.82, 2.24) is 34.6 Å². The summed E-state index contributed by atoms with van der Waals surface area (Å²) in [6, 6.07) is 42.2. The predicted molar refractivity (Wildman–Crippen MR) is 321 cm³/mol. The third kappa shape index (κ3) is 14.3. The summed E-state index contributed by atoms with van der Waals surface area (Å²) < 4.78 is 24.8. The summed E-state index contributed by atoms with van der Waals surface area (Å²) in [7, 11) is 12.3. The van der Waals surface area contributed by atoms with Crippen LogP contribution in [-0.2, 0) is 0 Å². The number of aromatic amines is 2. The smallest absolute Gasteiger partial charge is 0.119 e. The average Bonchev–Trinajstić information content (AvgIpc) is 4.36. The maximum Gasteiger partial charge on any atom is 0.119 e. The highest BCUT2D eigenvalue weighted by Crippen LogP contribution is 2.39. The largest absolute Gasteiger partial charge is 0.494 e. The Morgan fingerprint density at radius 1 is 0.325 bits per heavy atom. The van der Waals surface area contributed by atoms with Crippen LogP contribution >= 0.6 is 0 Å². The van der Waals surface area contributed by atoms with Gasteiger partial charge in [-0.15, -0.1) is 0 Å². The average molecular weight is 1030 g/mol. The summed E-state index contributed by atoms with van der Waals surface area (Å²) in [5.41, 5.74) is 15.0. The minimum Gasteiger partial charge on any atom is -0.494 e. The van der Waals surface area contributed by atoms with Gasteiger partial charge in [0.25, 0.3) is 0 Å². The zero-order chi connectivity index (χ0) is 53.5. The summed E-state index contributed by atoms with van der Waals surface area (Å²) in [5.74, 6) is 3.32. The first kappa shape index (κ1) is 54.4. The van der Waals surface area contributed by atoms with Crippen molar-refractivity contribution in [3.05, 3.63) is 144 Å². The van der Waals surface area contributed by atoms with E-state index in [1.165, 1.54) is 44.9 Å². The van der Waals surface area contributed by atoms with Gasteiger partial charge in [-0.1, -0.05) is 100 Å². The fourth-order valence-electron chi connectivity index (χ4n) is 9.76.